The highest BCUT2D eigenvalue weighted by Gasteiger charge is 2.08. The smallest absolute Gasteiger partial charge is 0.271 e. The first-order valence-corrected chi connectivity index (χ1v) is 10.6. The number of ether oxygens (including phenoxy) is 1. The van der Waals surface area contributed by atoms with Gasteiger partial charge < -0.3 is 10.1 Å². The van der Waals surface area contributed by atoms with Gasteiger partial charge in [-0.2, -0.15) is 9.78 Å². The SMILES string of the molecule is COc1ccc(-n2nc(SCC(=O)Nc3cccc(SC)c3)ccc2=O)cc1. The fourth-order valence-corrected chi connectivity index (χ4v) is 3.53. The number of carbonyl (C=O) groups excluding carboxylic acids is 1. The Hall–Kier alpha value is -2.71. The lowest BCUT2D eigenvalue weighted by atomic mass is 10.3. The highest BCUT2D eigenvalue weighted by molar-refractivity contribution is 8.00. The molecule has 1 aromatic heterocycles. The van der Waals surface area contributed by atoms with Crippen molar-refractivity contribution in [1.29, 1.82) is 0 Å². The van der Waals surface area contributed by atoms with Crippen LogP contribution in [-0.2, 0) is 4.79 Å². The lowest BCUT2D eigenvalue weighted by molar-refractivity contribution is -0.113. The molecule has 0 spiro atoms. The summed E-state index contributed by atoms with van der Waals surface area (Å²) >= 11 is 2.89. The second-order valence-corrected chi connectivity index (χ2v) is 7.56. The van der Waals surface area contributed by atoms with Gasteiger partial charge in [0.2, 0.25) is 5.91 Å². The van der Waals surface area contributed by atoms with Crippen LogP contribution in [0.1, 0.15) is 0 Å². The van der Waals surface area contributed by atoms with Crippen LogP contribution < -0.4 is 15.6 Å². The Balaban J connectivity index is 1.67. The molecule has 8 heteroatoms. The minimum absolute atomic E-state index is 0.132. The maximum Gasteiger partial charge on any atom is 0.271 e. The quantitative estimate of drug-likeness (QED) is 0.596. The number of hydrogen-bond acceptors (Lipinski definition) is 6. The molecule has 0 aliphatic heterocycles. The minimum atomic E-state index is -0.243. The average molecular weight is 414 g/mol. The van der Waals surface area contributed by atoms with Crippen molar-refractivity contribution in [2.75, 3.05) is 24.4 Å². The number of hydrogen-bond donors (Lipinski definition) is 1. The van der Waals surface area contributed by atoms with Crippen LogP contribution in [0.5, 0.6) is 5.75 Å². The Morgan fingerprint density at radius 1 is 1.14 bits per heavy atom. The molecule has 0 aliphatic carbocycles. The summed E-state index contributed by atoms with van der Waals surface area (Å²) < 4.78 is 6.44. The Morgan fingerprint density at radius 2 is 1.93 bits per heavy atom. The average Bonchev–Trinajstić information content (AvgIpc) is 2.73. The number of anilines is 1. The van der Waals surface area contributed by atoms with E-state index < -0.39 is 0 Å². The normalized spacial score (nSPS) is 10.5. The van der Waals surface area contributed by atoms with E-state index in [1.165, 1.54) is 22.5 Å². The molecule has 2 aromatic carbocycles. The fraction of sp³-hybridized carbons (Fsp3) is 0.150. The van der Waals surface area contributed by atoms with Crippen molar-refractivity contribution in [1.82, 2.24) is 9.78 Å². The highest BCUT2D eigenvalue weighted by atomic mass is 32.2. The molecule has 144 valence electrons. The highest BCUT2D eigenvalue weighted by Crippen LogP contribution is 2.20. The molecule has 1 heterocycles. The van der Waals surface area contributed by atoms with Crippen molar-refractivity contribution in [2.24, 2.45) is 0 Å². The maximum absolute atomic E-state index is 12.2. The van der Waals surface area contributed by atoms with Gasteiger partial charge in [0.25, 0.3) is 5.56 Å². The molecule has 0 saturated heterocycles. The third kappa shape index (κ3) is 5.17. The van der Waals surface area contributed by atoms with Crippen LogP contribution in [0.25, 0.3) is 5.69 Å². The molecule has 6 nitrogen and oxygen atoms in total. The van der Waals surface area contributed by atoms with Crippen LogP contribution in [0.3, 0.4) is 0 Å². The van der Waals surface area contributed by atoms with Crippen LogP contribution in [0.4, 0.5) is 5.69 Å². The summed E-state index contributed by atoms with van der Waals surface area (Å²) in [4.78, 5) is 25.5. The number of thioether (sulfide) groups is 2. The number of benzene rings is 2. The first-order valence-electron chi connectivity index (χ1n) is 8.40. The van der Waals surface area contributed by atoms with E-state index in [-0.39, 0.29) is 17.2 Å². The first-order chi connectivity index (χ1) is 13.6. The molecule has 0 bridgehead atoms. The van der Waals surface area contributed by atoms with E-state index in [4.69, 9.17) is 4.74 Å². The number of carbonyl (C=O) groups is 1. The minimum Gasteiger partial charge on any atom is -0.497 e. The number of aromatic nitrogens is 2. The number of amides is 1. The van der Waals surface area contributed by atoms with Gasteiger partial charge in [0, 0.05) is 16.6 Å². The van der Waals surface area contributed by atoms with Crippen molar-refractivity contribution < 1.29 is 9.53 Å². The van der Waals surface area contributed by atoms with Crippen molar-refractivity contribution in [3.05, 3.63) is 71.0 Å². The van der Waals surface area contributed by atoms with E-state index in [2.05, 4.69) is 10.4 Å². The zero-order valence-electron chi connectivity index (χ0n) is 15.4. The largest absolute Gasteiger partial charge is 0.497 e. The van der Waals surface area contributed by atoms with E-state index in [0.717, 1.165) is 10.6 Å². The van der Waals surface area contributed by atoms with Crippen molar-refractivity contribution >= 4 is 35.1 Å². The van der Waals surface area contributed by atoms with Crippen molar-refractivity contribution in [2.45, 2.75) is 9.92 Å². The van der Waals surface area contributed by atoms with Crippen LogP contribution in [0.2, 0.25) is 0 Å². The zero-order chi connectivity index (χ0) is 19.9. The summed E-state index contributed by atoms with van der Waals surface area (Å²) in [5, 5.41) is 7.81. The van der Waals surface area contributed by atoms with Crippen molar-refractivity contribution in [3.8, 4) is 11.4 Å². The Kier molecular flexibility index (Phi) is 6.78. The van der Waals surface area contributed by atoms with Gasteiger partial charge in [-0.3, -0.25) is 9.59 Å². The first kappa shape index (κ1) is 20.0. The summed E-state index contributed by atoms with van der Waals surface area (Å²) in [6.45, 7) is 0. The lowest BCUT2D eigenvalue weighted by Gasteiger charge is -2.08. The molecule has 1 amide bonds. The van der Waals surface area contributed by atoms with Crippen molar-refractivity contribution in [3.63, 3.8) is 0 Å². The monoisotopic (exact) mass is 413 g/mol. The summed E-state index contributed by atoms with van der Waals surface area (Å²) in [5.74, 6) is 0.758. The van der Waals surface area contributed by atoms with E-state index in [1.54, 1.807) is 49.2 Å². The molecular weight excluding hydrogens is 394 g/mol. The molecule has 28 heavy (non-hydrogen) atoms. The second kappa shape index (κ2) is 9.48. The number of nitrogens with one attached hydrogen (secondary N) is 1. The summed E-state index contributed by atoms with van der Waals surface area (Å²) in [7, 11) is 1.58. The number of nitrogens with zero attached hydrogens (tertiary/aromatic N) is 2. The topological polar surface area (TPSA) is 73.2 Å². The van der Waals surface area contributed by atoms with Crippen LogP contribution >= 0.6 is 23.5 Å². The Bertz CT molecular complexity index is 1020. The second-order valence-electron chi connectivity index (χ2n) is 5.69. The number of methoxy groups -OCH3 is 1. The fourth-order valence-electron chi connectivity index (χ4n) is 2.42. The molecule has 0 atom stereocenters. The predicted octanol–water partition coefficient (Wildman–Crippen LogP) is 3.69. The Morgan fingerprint density at radius 3 is 2.64 bits per heavy atom. The predicted molar refractivity (Wildman–Crippen MR) is 114 cm³/mol. The molecule has 0 fully saturated rings. The zero-order valence-corrected chi connectivity index (χ0v) is 17.0. The van der Waals surface area contributed by atoms with Gasteiger partial charge in [-0.1, -0.05) is 17.8 Å². The van der Waals surface area contributed by atoms with Gasteiger partial charge in [-0.05, 0) is 54.8 Å². The third-order valence-electron chi connectivity index (χ3n) is 3.80. The maximum atomic E-state index is 12.2. The third-order valence-corrected chi connectivity index (χ3v) is 5.44. The van der Waals surface area contributed by atoms with Gasteiger partial charge in [-0.15, -0.1) is 11.8 Å². The Labute approximate surface area is 171 Å². The van der Waals surface area contributed by atoms with Gasteiger partial charge in [-0.25, -0.2) is 0 Å². The van der Waals surface area contributed by atoms with Gasteiger partial charge in [0.1, 0.15) is 10.8 Å². The molecule has 1 N–H and O–H groups in total. The van der Waals surface area contributed by atoms with E-state index >= 15 is 0 Å². The molecule has 3 aromatic rings. The van der Waals surface area contributed by atoms with E-state index in [0.29, 0.717) is 16.5 Å². The van der Waals surface area contributed by atoms with Gasteiger partial charge in [0.15, 0.2) is 0 Å². The summed E-state index contributed by atoms with van der Waals surface area (Å²) in [6.07, 6.45) is 1.99. The molecule has 0 unspecified atom stereocenters. The van der Waals surface area contributed by atoms with E-state index in [9.17, 15) is 9.59 Å². The molecule has 0 radical (unpaired) electrons. The van der Waals surface area contributed by atoms with E-state index in [1.807, 2.05) is 30.5 Å². The molecule has 0 aliphatic rings. The van der Waals surface area contributed by atoms with Crippen LogP contribution in [0.15, 0.2) is 75.4 Å². The summed E-state index contributed by atoms with van der Waals surface area (Å²) in [5.41, 5.74) is 1.15. The van der Waals surface area contributed by atoms with Crippen LogP contribution in [0, 0.1) is 0 Å². The van der Waals surface area contributed by atoms with Crippen LogP contribution in [-0.4, -0.2) is 34.8 Å². The number of rotatable bonds is 7. The molecular formula is C20H19N3O3S2. The standard InChI is InChI=1S/C20H19N3O3S2/c1-26-16-8-6-15(7-9-16)23-20(25)11-10-19(22-23)28-13-18(24)21-14-4-3-5-17(12-14)27-2/h3-12H,13H2,1-2H3,(H,21,24). The van der Waals surface area contributed by atoms with Gasteiger partial charge >= 0.3 is 0 Å². The molecule has 3 rings (SSSR count). The lowest BCUT2D eigenvalue weighted by Crippen LogP contribution is -2.20. The molecule has 0 saturated carbocycles. The summed E-state index contributed by atoms with van der Waals surface area (Å²) in [6, 6.07) is 17.8. The van der Waals surface area contributed by atoms with Gasteiger partial charge in [0.05, 0.1) is 18.6 Å².